The smallest absolute Gasteiger partial charge is 0.240 e. The van der Waals surface area contributed by atoms with E-state index in [1.165, 1.54) is 19.4 Å². The van der Waals surface area contributed by atoms with Gasteiger partial charge in [0.25, 0.3) is 0 Å². The number of aromatic nitrogens is 3. The Morgan fingerprint density at radius 1 is 1.00 bits per heavy atom. The summed E-state index contributed by atoms with van der Waals surface area (Å²) in [5, 5.41) is 6.67. The Kier molecular flexibility index (Phi) is 8.00. The number of fused-ring (bicyclic) bond motifs is 1. The van der Waals surface area contributed by atoms with Crippen LogP contribution in [0.25, 0.3) is 22.0 Å². The lowest BCUT2D eigenvalue weighted by atomic mass is 10.1. The number of hydrogen-bond donors (Lipinski definition) is 0. The maximum atomic E-state index is 6.33. The van der Waals surface area contributed by atoms with Gasteiger partial charge in [0.15, 0.2) is 0 Å². The molecule has 2 aromatic carbocycles. The van der Waals surface area contributed by atoms with Gasteiger partial charge in [-0.2, -0.15) is 0 Å². The molecule has 0 spiro atoms. The molecule has 0 saturated carbocycles. The van der Waals surface area contributed by atoms with Crippen molar-refractivity contribution < 1.29 is 9.47 Å². The lowest BCUT2D eigenvalue weighted by molar-refractivity contribution is 0.122. The first-order valence-corrected chi connectivity index (χ1v) is 14.4. The highest BCUT2D eigenvalue weighted by Crippen LogP contribution is 2.31. The molecule has 0 N–H and O–H groups in total. The average molecular weight is 546 g/mol. The highest BCUT2D eigenvalue weighted by Gasteiger charge is 2.20. The molecule has 8 heteroatoms. The van der Waals surface area contributed by atoms with Crippen molar-refractivity contribution in [2.45, 2.75) is 38.8 Å². The van der Waals surface area contributed by atoms with Gasteiger partial charge < -0.3 is 19.3 Å². The summed E-state index contributed by atoms with van der Waals surface area (Å²) >= 11 is 6.11. The van der Waals surface area contributed by atoms with E-state index in [0.717, 1.165) is 77.7 Å². The zero-order valence-electron chi connectivity index (χ0n) is 22.6. The minimum Gasteiger partial charge on any atom is -0.476 e. The number of halogens is 1. The molecule has 0 aliphatic carbocycles. The summed E-state index contributed by atoms with van der Waals surface area (Å²) < 4.78 is 13.8. The molecule has 2 aliphatic heterocycles. The quantitative estimate of drug-likeness (QED) is 0.244. The number of pyridine rings is 1. The summed E-state index contributed by atoms with van der Waals surface area (Å²) in [5.74, 6) is 1.68. The maximum Gasteiger partial charge on any atom is 0.240 e. The summed E-state index contributed by atoms with van der Waals surface area (Å²) in [5.41, 5.74) is 4.37. The molecule has 2 aromatic heterocycles. The summed E-state index contributed by atoms with van der Waals surface area (Å²) in [7, 11) is 0. The second-order valence-corrected chi connectivity index (χ2v) is 11.0. The number of morpholine rings is 1. The predicted octanol–water partition coefficient (Wildman–Crippen LogP) is 5.89. The van der Waals surface area contributed by atoms with Crippen LogP contribution in [0.4, 0.5) is 5.82 Å². The number of anilines is 1. The van der Waals surface area contributed by atoms with Crippen LogP contribution in [0.15, 0.2) is 60.8 Å². The second kappa shape index (κ2) is 11.9. The van der Waals surface area contributed by atoms with Gasteiger partial charge in [0.2, 0.25) is 5.88 Å². The Morgan fingerprint density at radius 2 is 1.82 bits per heavy atom. The fourth-order valence-electron chi connectivity index (χ4n) is 5.62. The maximum absolute atomic E-state index is 6.33. The van der Waals surface area contributed by atoms with Crippen molar-refractivity contribution in [3.63, 3.8) is 0 Å². The van der Waals surface area contributed by atoms with E-state index in [1.807, 2.05) is 35.1 Å². The van der Waals surface area contributed by atoms with E-state index in [0.29, 0.717) is 25.1 Å². The molecule has 0 radical (unpaired) electrons. The zero-order chi connectivity index (χ0) is 26.6. The van der Waals surface area contributed by atoms with Crippen molar-refractivity contribution in [2.75, 3.05) is 50.9 Å². The van der Waals surface area contributed by atoms with Gasteiger partial charge in [0, 0.05) is 42.5 Å². The van der Waals surface area contributed by atoms with Crippen molar-refractivity contribution >= 4 is 28.3 Å². The van der Waals surface area contributed by atoms with Gasteiger partial charge in [0.1, 0.15) is 5.82 Å². The lowest BCUT2D eigenvalue weighted by Gasteiger charge is -2.27. The van der Waals surface area contributed by atoms with E-state index in [-0.39, 0.29) is 0 Å². The first-order chi connectivity index (χ1) is 19.1. The second-order valence-electron chi connectivity index (χ2n) is 10.6. The molecule has 4 heterocycles. The molecule has 204 valence electrons. The minimum atomic E-state index is 0.649. The van der Waals surface area contributed by atoms with Crippen molar-refractivity contribution in [2.24, 2.45) is 0 Å². The molecule has 2 fully saturated rings. The Labute approximate surface area is 235 Å². The molecular formula is C31H36ClN5O2. The third-order valence-electron chi connectivity index (χ3n) is 7.90. The van der Waals surface area contributed by atoms with Crippen LogP contribution in [0.5, 0.6) is 5.88 Å². The summed E-state index contributed by atoms with van der Waals surface area (Å²) in [6.45, 7) is 9.14. The van der Waals surface area contributed by atoms with Crippen LogP contribution < -0.4 is 9.64 Å². The molecule has 39 heavy (non-hydrogen) atoms. The van der Waals surface area contributed by atoms with Crippen molar-refractivity contribution in [3.8, 4) is 17.0 Å². The van der Waals surface area contributed by atoms with Gasteiger partial charge in [-0.1, -0.05) is 29.8 Å². The fourth-order valence-corrected chi connectivity index (χ4v) is 5.74. The number of likely N-dealkylation sites (tertiary alicyclic amines) is 1. The van der Waals surface area contributed by atoms with E-state index in [1.54, 1.807) is 0 Å². The molecule has 0 amide bonds. The number of rotatable bonds is 9. The van der Waals surface area contributed by atoms with E-state index >= 15 is 0 Å². The first kappa shape index (κ1) is 26.1. The van der Waals surface area contributed by atoms with Crippen molar-refractivity contribution in [1.82, 2.24) is 19.7 Å². The monoisotopic (exact) mass is 545 g/mol. The van der Waals surface area contributed by atoms with Crippen LogP contribution in [0, 0.1) is 0 Å². The van der Waals surface area contributed by atoms with Gasteiger partial charge in [-0.15, -0.1) is 5.10 Å². The number of ether oxygens (including phenoxy) is 2. The molecule has 7 nitrogen and oxygen atoms in total. The van der Waals surface area contributed by atoms with Crippen molar-refractivity contribution in [3.05, 3.63) is 71.4 Å². The van der Waals surface area contributed by atoms with Gasteiger partial charge in [-0.05, 0) is 80.3 Å². The van der Waals surface area contributed by atoms with E-state index in [9.17, 15) is 0 Å². The topological polar surface area (TPSA) is 55.7 Å². The molecule has 6 rings (SSSR count). The van der Waals surface area contributed by atoms with E-state index < -0.39 is 0 Å². The van der Waals surface area contributed by atoms with Crippen LogP contribution in [0.3, 0.4) is 0 Å². The lowest BCUT2D eigenvalue weighted by Crippen LogP contribution is -2.36. The van der Waals surface area contributed by atoms with Crippen LogP contribution in [0.1, 0.15) is 31.7 Å². The highest BCUT2D eigenvalue weighted by molar-refractivity contribution is 6.30. The Hall–Kier alpha value is -3.13. The standard InChI is InChI=1S/C31H36ClN5O2/c1-23-4-2-13-35(23)14-3-17-39-31-28-20-25(26-8-12-30(33-21-26)36-15-18-38-19-16-36)7-11-29(28)37(34-31)22-24-5-9-27(32)10-6-24/h5-12,20-21,23H,2-4,13-19,22H2,1H3/t23-/m0/s1. The van der Waals surface area contributed by atoms with Crippen LogP contribution >= 0.6 is 11.6 Å². The summed E-state index contributed by atoms with van der Waals surface area (Å²) in [6, 6.07) is 19.3. The summed E-state index contributed by atoms with van der Waals surface area (Å²) in [6.07, 6.45) is 5.54. The Morgan fingerprint density at radius 3 is 2.56 bits per heavy atom. The highest BCUT2D eigenvalue weighted by atomic mass is 35.5. The van der Waals surface area contributed by atoms with Gasteiger partial charge in [0.05, 0.1) is 37.3 Å². The number of benzene rings is 2. The zero-order valence-corrected chi connectivity index (χ0v) is 23.3. The van der Waals surface area contributed by atoms with Crippen LogP contribution in [-0.4, -0.2) is 71.7 Å². The van der Waals surface area contributed by atoms with Gasteiger partial charge >= 0.3 is 0 Å². The Balaban J connectivity index is 1.24. The van der Waals surface area contributed by atoms with Crippen LogP contribution in [0.2, 0.25) is 5.02 Å². The van der Waals surface area contributed by atoms with Gasteiger partial charge in [-0.3, -0.25) is 4.68 Å². The average Bonchev–Trinajstić information content (AvgIpc) is 3.55. The number of nitrogens with zero attached hydrogens (tertiary/aromatic N) is 5. The third-order valence-corrected chi connectivity index (χ3v) is 8.15. The molecule has 2 saturated heterocycles. The van der Waals surface area contributed by atoms with Crippen molar-refractivity contribution in [1.29, 1.82) is 0 Å². The molecular weight excluding hydrogens is 510 g/mol. The largest absolute Gasteiger partial charge is 0.476 e. The third kappa shape index (κ3) is 6.06. The van der Waals surface area contributed by atoms with Gasteiger partial charge in [-0.25, -0.2) is 4.98 Å². The molecule has 0 bridgehead atoms. The molecule has 4 aromatic rings. The Bertz CT molecular complexity index is 1380. The van der Waals surface area contributed by atoms with Crippen LogP contribution in [-0.2, 0) is 11.3 Å². The van der Waals surface area contributed by atoms with E-state index in [4.69, 9.17) is 31.2 Å². The molecule has 1 atom stereocenters. The normalized spacial score (nSPS) is 18.2. The minimum absolute atomic E-state index is 0.649. The fraction of sp³-hybridized carbons (Fsp3) is 0.419. The van der Waals surface area contributed by atoms with E-state index in [2.05, 4.69) is 47.1 Å². The summed E-state index contributed by atoms with van der Waals surface area (Å²) in [4.78, 5) is 9.59. The SMILES string of the molecule is C[C@H]1CCCN1CCCOc1nn(Cc2ccc(Cl)cc2)c2ccc(-c3ccc(N4CCOCC4)nc3)cc12. The molecule has 0 unspecified atom stereocenters. The predicted molar refractivity (Wildman–Crippen MR) is 157 cm³/mol. The first-order valence-electron chi connectivity index (χ1n) is 14.0. The number of hydrogen-bond acceptors (Lipinski definition) is 6. The molecule has 2 aliphatic rings.